The molecule has 1 atom stereocenters. The first kappa shape index (κ1) is 20.4. The van der Waals surface area contributed by atoms with Crippen LogP contribution in [0.1, 0.15) is 25.0 Å². The van der Waals surface area contributed by atoms with Crippen molar-refractivity contribution >= 4 is 23.2 Å². The van der Waals surface area contributed by atoms with Crippen molar-refractivity contribution in [1.82, 2.24) is 9.55 Å². The number of carbonyl (C=O) groups excluding carboxylic acids is 2. The number of amides is 2. The highest BCUT2D eigenvalue weighted by molar-refractivity contribution is 6.03. The number of imidazole rings is 1. The van der Waals surface area contributed by atoms with Gasteiger partial charge in [0.2, 0.25) is 11.8 Å². The second kappa shape index (κ2) is 8.18. The molecule has 32 heavy (non-hydrogen) atoms. The summed E-state index contributed by atoms with van der Waals surface area (Å²) in [6, 6.07) is 10.5. The van der Waals surface area contributed by atoms with Crippen LogP contribution in [0.3, 0.4) is 0 Å². The van der Waals surface area contributed by atoms with Crippen molar-refractivity contribution in [2.24, 2.45) is 5.92 Å². The molecule has 1 aromatic heterocycles. The highest BCUT2D eigenvalue weighted by atomic mass is 19.1. The smallest absolute Gasteiger partial charge is 0.229 e. The fourth-order valence-corrected chi connectivity index (χ4v) is 4.43. The molecule has 3 heterocycles. The fraction of sp³-hybridized carbons (Fsp3) is 0.292. The van der Waals surface area contributed by atoms with Gasteiger partial charge in [0, 0.05) is 48.7 Å². The van der Waals surface area contributed by atoms with Gasteiger partial charge in [-0.05, 0) is 55.7 Å². The Balaban J connectivity index is 1.26. The largest absolute Gasteiger partial charge is 0.328 e. The minimum atomic E-state index is -0.823. The Morgan fingerprint density at radius 2 is 1.91 bits per heavy atom. The number of nitrogens with zero attached hydrogens (tertiary/aromatic N) is 3. The molecule has 0 saturated carbocycles. The zero-order valence-electron chi connectivity index (χ0n) is 17.4. The van der Waals surface area contributed by atoms with Crippen molar-refractivity contribution in [3.8, 4) is 11.4 Å². The van der Waals surface area contributed by atoms with Crippen molar-refractivity contribution in [3.05, 3.63) is 66.0 Å². The zero-order chi connectivity index (χ0) is 22.2. The van der Waals surface area contributed by atoms with E-state index >= 15 is 0 Å². The first-order chi connectivity index (χ1) is 15.5. The van der Waals surface area contributed by atoms with Gasteiger partial charge < -0.3 is 14.8 Å². The van der Waals surface area contributed by atoms with Crippen LogP contribution in [0.2, 0.25) is 0 Å². The van der Waals surface area contributed by atoms with E-state index in [1.165, 1.54) is 23.1 Å². The molecule has 1 N–H and O–H groups in total. The van der Waals surface area contributed by atoms with E-state index in [9.17, 15) is 18.4 Å². The van der Waals surface area contributed by atoms with Gasteiger partial charge in [0.05, 0.1) is 11.6 Å². The van der Waals surface area contributed by atoms with E-state index in [1.807, 2.05) is 30.5 Å². The Kier molecular flexibility index (Phi) is 5.20. The number of nitrogens with one attached hydrogen (secondary N) is 1. The second-order valence-corrected chi connectivity index (χ2v) is 8.25. The summed E-state index contributed by atoms with van der Waals surface area (Å²) in [6.07, 6.45) is 5.27. The summed E-state index contributed by atoms with van der Waals surface area (Å²) < 4.78 is 29.5. The Labute approximate surface area is 183 Å². The highest BCUT2D eigenvalue weighted by Gasteiger charge is 2.36. The summed E-state index contributed by atoms with van der Waals surface area (Å²) in [7, 11) is 0. The summed E-state index contributed by atoms with van der Waals surface area (Å²) in [5, 5.41) is 2.84. The Morgan fingerprint density at radius 3 is 2.69 bits per heavy atom. The maximum Gasteiger partial charge on any atom is 0.229 e. The molecule has 164 valence electrons. The molecule has 0 spiro atoms. The molecule has 0 radical (unpaired) electrons. The molecule has 1 unspecified atom stereocenters. The van der Waals surface area contributed by atoms with Crippen LogP contribution in [0.5, 0.6) is 0 Å². The van der Waals surface area contributed by atoms with Crippen LogP contribution in [0.15, 0.2) is 48.7 Å². The average molecular weight is 436 g/mol. The number of carbonyl (C=O) groups is 2. The topological polar surface area (TPSA) is 67.2 Å². The fourth-order valence-electron chi connectivity index (χ4n) is 4.43. The van der Waals surface area contributed by atoms with Crippen LogP contribution in [0, 0.1) is 17.6 Å². The van der Waals surface area contributed by atoms with Gasteiger partial charge in [-0.2, -0.15) is 0 Å². The van der Waals surface area contributed by atoms with Gasteiger partial charge in [0.15, 0.2) is 0 Å². The lowest BCUT2D eigenvalue weighted by Gasteiger charge is -2.17. The molecule has 0 aliphatic carbocycles. The quantitative estimate of drug-likeness (QED) is 0.668. The van der Waals surface area contributed by atoms with Gasteiger partial charge in [-0.1, -0.05) is 0 Å². The predicted molar refractivity (Wildman–Crippen MR) is 116 cm³/mol. The van der Waals surface area contributed by atoms with Crippen molar-refractivity contribution in [2.75, 3.05) is 16.8 Å². The summed E-state index contributed by atoms with van der Waals surface area (Å²) in [5.41, 5.74) is 2.82. The highest BCUT2D eigenvalue weighted by Crippen LogP contribution is 2.29. The SMILES string of the molecule is O=C(Nc1ccc(-c2ncc3n2CCCC3)cc1)C1CC(=O)N(c2ccc(F)cc2F)C1. The lowest BCUT2D eigenvalue weighted by atomic mass is 10.1. The molecule has 3 aromatic rings. The third-order valence-electron chi connectivity index (χ3n) is 6.11. The molecule has 1 fully saturated rings. The van der Waals surface area contributed by atoms with Crippen LogP contribution in [-0.4, -0.2) is 27.9 Å². The van der Waals surface area contributed by atoms with Gasteiger partial charge in [-0.3, -0.25) is 9.59 Å². The lowest BCUT2D eigenvalue weighted by molar-refractivity contribution is -0.122. The van der Waals surface area contributed by atoms with E-state index in [2.05, 4.69) is 14.9 Å². The molecule has 5 rings (SSSR count). The van der Waals surface area contributed by atoms with Gasteiger partial charge in [0.25, 0.3) is 0 Å². The Morgan fingerprint density at radius 1 is 1.09 bits per heavy atom. The van der Waals surface area contributed by atoms with Crippen LogP contribution in [-0.2, 0) is 22.6 Å². The van der Waals surface area contributed by atoms with Crippen molar-refractivity contribution in [1.29, 1.82) is 0 Å². The van der Waals surface area contributed by atoms with E-state index in [4.69, 9.17) is 0 Å². The molecule has 0 bridgehead atoms. The molecule has 2 amide bonds. The molecule has 2 aliphatic heterocycles. The van der Waals surface area contributed by atoms with Crippen LogP contribution >= 0.6 is 0 Å². The molecule has 2 aromatic carbocycles. The molecular weight excluding hydrogens is 414 g/mol. The standard InChI is InChI=1S/C24H22F2N4O2/c25-17-6-9-21(20(26)12-17)30-14-16(11-22(30)31)24(32)28-18-7-4-15(5-8-18)23-27-13-19-3-1-2-10-29(19)23/h4-9,12-13,16H,1-3,10-11,14H2,(H,28,32). The normalized spacial score (nSPS) is 18.0. The lowest BCUT2D eigenvalue weighted by Crippen LogP contribution is -2.28. The number of hydrogen-bond acceptors (Lipinski definition) is 3. The number of aromatic nitrogens is 2. The van der Waals surface area contributed by atoms with E-state index in [1.54, 1.807) is 0 Å². The van der Waals surface area contributed by atoms with E-state index in [0.717, 1.165) is 42.9 Å². The summed E-state index contributed by atoms with van der Waals surface area (Å²) >= 11 is 0. The number of hydrogen-bond donors (Lipinski definition) is 1. The maximum absolute atomic E-state index is 14.1. The Bertz CT molecular complexity index is 1190. The third-order valence-corrected chi connectivity index (χ3v) is 6.11. The zero-order valence-corrected chi connectivity index (χ0v) is 17.4. The number of fused-ring (bicyclic) bond motifs is 1. The van der Waals surface area contributed by atoms with Crippen LogP contribution in [0.25, 0.3) is 11.4 Å². The molecule has 1 saturated heterocycles. The summed E-state index contributed by atoms with van der Waals surface area (Å²) in [6.45, 7) is 1.01. The molecular formula is C24H22F2N4O2. The molecule has 8 heteroatoms. The van der Waals surface area contributed by atoms with Crippen molar-refractivity contribution in [3.63, 3.8) is 0 Å². The van der Waals surface area contributed by atoms with Crippen molar-refractivity contribution in [2.45, 2.75) is 32.2 Å². The number of aryl methyl sites for hydroxylation is 1. The van der Waals surface area contributed by atoms with E-state index in [0.29, 0.717) is 5.69 Å². The first-order valence-electron chi connectivity index (χ1n) is 10.7. The second-order valence-electron chi connectivity index (χ2n) is 8.25. The molecule has 2 aliphatic rings. The van der Waals surface area contributed by atoms with Gasteiger partial charge in [0.1, 0.15) is 17.5 Å². The van der Waals surface area contributed by atoms with E-state index < -0.39 is 17.6 Å². The maximum atomic E-state index is 14.1. The predicted octanol–water partition coefficient (Wildman–Crippen LogP) is 4.16. The van der Waals surface area contributed by atoms with Gasteiger partial charge >= 0.3 is 0 Å². The minimum absolute atomic E-state index is 0.0147. The van der Waals surface area contributed by atoms with Crippen LogP contribution < -0.4 is 10.2 Å². The van der Waals surface area contributed by atoms with Crippen molar-refractivity contribution < 1.29 is 18.4 Å². The first-order valence-corrected chi connectivity index (χ1v) is 10.7. The number of anilines is 2. The molecule has 6 nitrogen and oxygen atoms in total. The average Bonchev–Trinajstić information content (AvgIpc) is 3.38. The van der Waals surface area contributed by atoms with E-state index in [-0.39, 0.29) is 30.5 Å². The number of benzene rings is 2. The third kappa shape index (κ3) is 3.77. The minimum Gasteiger partial charge on any atom is -0.328 e. The summed E-state index contributed by atoms with van der Waals surface area (Å²) in [4.78, 5) is 30.8. The van der Waals surface area contributed by atoms with Gasteiger partial charge in [-0.25, -0.2) is 13.8 Å². The Hall–Kier alpha value is -3.55. The monoisotopic (exact) mass is 436 g/mol. The number of halogens is 2. The van der Waals surface area contributed by atoms with Gasteiger partial charge in [-0.15, -0.1) is 0 Å². The number of rotatable bonds is 4. The van der Waals surface area contributed by atoms with Crippen LogP contribution in [0.4, 0.5) is 20.2 Å². The summed E-state index contributed by atoms with van der Waals surface area (Å²) in [5.74, 6) is -1.91.